The molecule has 1 aromatic carbocycles. The summed E-state index contributed by atoms with van der Waals surface area (Å²) in [5.74, 6) is -1.11. The molecule has 0 bridgehead atoms. The van der Waals surface area contributed by atoms with Gasteiger partial charge in [0.1, 0.15) is 11.3 Å². The van der Waals surface area contributed by atoms with Crippen molar-refractivity contribution < 1.29 is 28.6 Å². The molecular formula is C14H16ClNO6. The highest BCUT2D eigenvalue weighted by molar-refractivity contribution is 6.34. The summed E-state index contributed by atoms with van der Waals surface area (Å²) in [6.45, 7) is 3.34. The number of anilines is 1. The van der Waals surface area contributed by atoms with Crippen LogP contribution in [0.25, 0.3) is 0 Å². The molecule has 22 heavy (non-hydrogen) atoms. The lowest BCUT2D eigenvalue weighted by Gasteiger charge is -2.12. The van der Waals surface area contributed by atoms with Gasteiger partial charge in [0.2, 0.25) is 5.91 Å². The van der Waals surface area contributed by atoms with Crippen LogP contribution in [0.1, 0.15) is 30.6 Å². The molecule has 1 N–H and O–H groups in total. The quantitative estimate of drug-likeness (QED) is 0.659. The summed E-state index contributed by atoms with van der Waals surface area (Å²) < 4.78 is 14.1. The van der Waals surface area contributed by atoms with E-state index in [0.29, 0.717) is 0 Å². The van der Waals surface area contributed by atoms with Crippen molar-refractivity contribution in [1.29, 1.82) is 0 Å². The van der Waals surface area contributed by atoms with Crippen molar-refractivity contribution in [2.75, 3.05) is 19.0 Å². The fourth-order valence-corrected chi connectivity index (χ4v) is 1.71. The van der Waals surface area contributed by atoms with E-state index in [4.69, 9.17) is 16.3 Å². The molecule has 0 saturated carbocycles. The van der Waals surface area contributed by atoms with E-state index in [2.05, 4.69) is 14.8 Å². The summed E-state index contributed by atoms with van der Waals surface area (Å²) in [5.41, 5.74) is 0.230. The third-order valence-corrected chi connectivity index (χ3v) is 2.86. The largest absolute Gasteiger partial charge is 0.516 e. The molecule has 0 heterocycles. The van der Waals surface area contributed by atoms with Crippen LogP contribution >= 0.6 is 11.6 Å². The lowest BCUT2D eigenvalue weighted by molar-refractivity contribution is -0.115. The highest BCUT2D eigenvalue weighted by Gasteiger charge is 2.21. The van der Waals surface area contributed by atoms with Crippen molar-refractivity contribution in [3.63, 3.8) is 0 Å². The number of hydrogen-bond donors (Lipinski definition) is 1. The minimum Gasteiger partial charge on any atom is -0.496 e. The van der Waals surface area contributed by atoms with Gasteiger partial charge in [0, 0.05) is 12.5 Å². The Morgan fingerprint density at radius 3 is 2.45 bits per heavy atom. The molecule has 1 amide bonds. The Hall–Kier alpha value is -2.28. The summed E-state index contributed by atoms with van der Waals surface area (Å²) in [7, 11) is 1.33. The maximum absolute atomic E-state index is 11.9. The molecule has 0 radical (unpaired) electrons. The first-order valence-electron chi connectivity index (χ1n) is 6.49. The van der Waals surface area contributed by atoms with Crippen LogP contribution in [-0.4, -0.2) is 31.7 Å². The molecule has 0 aromatic heterocycles. The average molecular weight is 330 g/mol. The zero-order chi connectivity index (χ0) is 16.7. The van der Waals surface area contributed by atoms with Crippen LogP contribution in [0, 0.1) is 0 Å². The third kappa shape index (κ3) is 4.63. The van der Waals surface area contributed by atoms with Crippen LogP contribution in [0.15, 0.2) is 12.1 Å². The lowest BCUT2D eigenvalue weighted by atomic mass is 10.1. The smallest absolute Gasteiger partial charge is 0.496 e. The first-order valence-corrected chi connectivity index (χ1v) is 6.87. The molecule has 0 saturated heterocycles. The average Bonchev–Trinajstić information content (AvgIpc) is 2.48. The van der Waals surface area contributed by atoms with Gasteiger partial charge in [0.15, 0.2) is 0 Å². The van der Waals surface area contributed by atoms with Crippen LogP contribution in [0.5, 0.6) is 5.75 Å². The Kier molecular flexibility index (Phi) is 6.65. The second-order valence-corrected chi connectivity index (χ2v) is 4.41. The number of hydrogen-bond acceptors (Lipinski definition) is 6. The Morgan fingerprint density at radius 1 is 1.23 bits per heavy atom. The highest BCUT2D eigenvalue weighted by Crippen LogP contribution is 2.31. The minimum absolute atomic E-state index is 0.0601. The first kappa shape index (κ1) is 17.8. The van der Waals surface area contributed by atoms with Crippen molar-refractivity contribution in [2.24, 2.45) is 0 Å². The maximum atomic E-state index is 11.9. The molecule has 0 unspecified atom stereocenters. The zero-order valence-electron chi connectivity index (χ0n) is 12.4. The Balaban J connectivity index is 3.05. The van der Waals surface area contributed by atoms with E-state index in [9.17, 15) is 14.4 Å². The number of ether oxygens (including phenoxy) is 3. The number of nitrogens with one attached hydrogen (secondary N) is 1. The Labute approximate surface area is 132 Å². The van der Waals surface area contributed by atoms with Gasteiger partial charge in [0.05, 0.1) is 24.4 Å². The molecule has 1 rings (SSSR count). The molecule has 120 valence electrons. The van der Waals surface area contributed by atoms with Gasteiger partial charge in [-0.05, 0) is 13.0 Å². The monoisotopic (exact) mass is 329 g/mol. The summed E-state index contributed by atoms with van der Waals surface area (Å²) in [5, 5.41) is 2.68. The predicted octanol–water partition coefficient (Wildman–Crippen LogP) is 3.01. The Morgan fingerprint density at radius 2 is 1.91 bits per heavy atom. The van der Waals surface area contributed by atoms with Gasteiger partial charge in [-0.2, -0.15) is 0 Å². The second-order valence-electron chi connectivity index (χ2n) is 4.01. The standard InChI is InChI=1S/C14H16ClNO6/c1-4-12(17)16-10-7-11(20-3)8(6-9(10)15)13(18)22-14(19)21-5-2/h6-7H,4-5H2,1-3H3,(H,16,17). The second kappa shape index (κ2) is 8.23. The van der Waals surface area contributed by atoms with E-state index in [1.54, 1.807) is 13.8 Å². The molecule has 7 nitrogen and oxygen atoms in total. The van der Waals surface area contributed by atoms with Crippen LogP contribution in [0.3, 0.4) is 0 Å². The molecular weight excluding hydrogens is 314 g/mol. The van der Waals surface area contributed by atoms with E-state index in [1.165, 1.54) is 19.2 Å². The van der Waals surface area contributed by atoms with Gasteiger partial charge in [-0.3, -0.25) is 4.79 Å². The summed E-state index contributed by atoms with van der Waals surface area (Å²) >= 11 is 6.01. The number of carbonyl (C=O) groups is 3. The van der Waals surface area contributed by atoms with Crippen molar-refractivity contribution in [1.82, 2.24) is 0 Å². The van der Waals surface area contributed by atoms with Crippen LogP contribution in [0.2, 0.25) is 5.02 Å². The van der Waals surface area contributed by atoms with Crippen LogP contribution in [0.4, 0.5) is 10.5 Å². The number of methoxy groups -OCH3 is 1. The van der Waals surface area contributed by atoms with E-state index in [-0.39, 0.29) is 41.0 Å². The van der Waals surface area contributed by atoms with Crippen molar-refractivity contribution in [2.45, 2.75) is 20.3 Å². The number of rotatable bonds is 5. The van der Waals surface area contributed by atoms with Crippen molar-refractivity contribution >= 4 is 35.3 Å². The van der Waals surface area contributed by atoms with Crippen LogP contribution < -0.4 is 10.1 Å². The van der Waals surface area contributed by atoms with Crippen molar-refractivity contribution in [3.05, 3.63) is 22.7 Å². The highest BCUT2D eigenvalue weighted by atomic mass is 35.5. The molecule has 8 heteroatoms. The maximum Gasteiger partial charge on any atom is 0.516 e. The number of benzene rings is 1. The minimum atomic E-state index is -1.12. The fraction of sp³-hybridized carbons (Fsp3) is 0.357. The number of amides is 1. The lowest BCUT2D eigenvalue weighted by Crippen LogP contribution is -2.15. The van der Waals surface area contributed by atoms with Crippen molar-refractivity contribution in [3.8, 4) is 5.75 Å². The zero-order valence-corrected chi connectivity index (χ0v) is 13.2. The van der Waals surface area contributed by atoms with Gasteiger partial charge < -0.3 is 19.5 Å². The Bertz CT molecular complexity index is 587. The number of esters is 1. The van der Waals surface area contributed by atoms with Crippen LogP contribution in [-0.2, 0) is 14.3 Å². The van der Waals surface area contributed by atoms with Gasteiger partial charge in [-0.25, -0.2) is 9.59 Å². The molecule has 0 aliphatic rings. The summed E-state index contributed by atoms with van der Waals surface area (Å²) in [6.07, 6.45) is -0.847. The molecule has 1 aromatic rings. The van der Waals surface area contributed by atoms with E-state index in [0.717, 1.165) is 0 Å². The van der Waals surface area contributed by atoms with Gasteiger partial charge in [0.25, 0.3) is 0 Å². The summed E-state index contributed by atoms with van der Waals surface area (Å²) in [6, 6.07) is 2.62. The SMILES string of the molecule is CCOC(=O)OC(=O)c1cc(Cl)c(NC(=O)CC)cc1OC. The normalized spacial score (nSPS) is 9.82. The van der Waals surface area contributed by atoms with Gasteiger partial charge in [-0.15, -0.1) is 0 Å². The first-order chi connectivity index (χ1) is 10.4. The molecule has 0 atom stereocenters. The topological polar surface area (TPSA) is 90.9 Å². The number of carbonyl (C=O) groups excluding carboxylic acids is 3. The van der Waals surface area contributed by atoms with E-state index < -0.39 is 12.1 Å². The molecule has 0 spiro atoms. The third-order valence-electron chi connectivity index (χ3n) is 2.54. The van der Waals surface area contributed by atoms with Gasteiger partial charge >= 0.3 is 12.1 Å². The fourth-order valence-electron chi connectivity index (χ4n) is 1.49. The molecule has 0 aliphatic heterocycles. The van der Waals surface area contributed by atoms with Gasteiger partial charge in [-0.1, -0.05) is 18.5 Å². The number of halogens is 1. The van der Waals surface area contributed by atoms with E-state index >= 15 is 0 Å². The predicted molar refractivity (Wildman–Crippen MR) is 79.4 cm³/mol. The molecule has 0 fully saturated rings. The summed E-state index contributed by atoms with van der Waals surface area (Å²) in [4.78, 5) is 34.5. The van der Waals surface area contributed by atoms with E-state index in [1.807, 2.05) is 0 Å². The molecule has 0 aliphatic carbocycles.